The van der Waals surface area contributed by atoms with Crippen LogP contribution in [-0.4, -0.2) is 12.7 Å². The Hall–Kier alpha value is -0.890. The predicted molar refractivity (Wildman–Crippen MR) is 137 cm³/mol. The first-order valence-electron chi connectivity index (χ1n) is 14.6. The van der Waals surface area contributed by atoms with E-state index in [4.69, 9.17) is 4.74 Å². The number of ether oxygens (including phenoxy) is 1. The fourth-order valence-corrected chi connectivity index (χ4v) is 7.21. The highest BCUT2D eigenvalue weighted by molar-refractivity contribution is 5.38. The average molecular weight is 457 g/mol. The maximum atomic E-state index is 15.7. The number of fused-ring (bicyclic) bond motifs is 2. The zero-order chi connectivity index (χ0) is 23.0. The van der Waals surface area contributed by atoms with Crippen LogP contribution in [0, 0.1) is 23.6 Å². The van der Waals surface area contributed by atoms with Gasteiger partial charge in [0, 0.05) is 6.61 Å². The molecule has 2 fully saturated rings. The second kappa shape index (κ2) is 12.7. The maximum Gasteiger partial charge on any atom is 0.130 e. The molecule has 1 aromatic rings. The summed E-state index contributed by atoms with van der Waals surface area (Å²) < 4.78 is 21.9. The minimum absolute atomic E-state index is 0.174. The average Bonchev–Trinajstić information content (AvgIpc) is 2.84. The standard InChI is InChI=1S/C31H49FO/c1-3-5-7-8-10-23-11-17-29-26(20-23)15-18-30(31(29)32)27-13-12-25-22-28(16-14-24(25)21-27)33-19-9-6-4-2/h15,18,23-25,27-28H,3-14,16-17,19-22H2,1-2H3. The van der Waals surface area contributed by atoms with Crippen molar-refractivity contribution >= 4 is 0 Å². The van der Waals surface area contributed by atoms with Crippen molar-refractivity contribution in [1.82, 2.24) is 0 Å². The molecule has 3 aliphatic rings. The fourth-order valence-electron chi connectivity index (χ4n) is 7.21. The summed E-state index contributed by atoms with van der Waals surface area (Å²) in [5.74, 6) is 2.97. The highest BCUT2D eigenvalue weighted by Crippen LogP contribution is 2.48. The Balaban J connectivity index is 1.29. The Morgan fingerprint density at radius 2 is 1.64 bits per heavy atom. The smallest absolute Gasteiger partial charge is 0.130 e. The number of hydrogen-bond donors (Lipinski definition) is 0. The Bertz CT molecular complexity index is 728. The van der Waals surface area contributed by atoms with Crippen LogP contribution >= 0.6 is 0 Å². The lowest BCUT2D eigenvalue weighted by molar-refractivity contribution is -0.0164. The summed E-state index contributed by atoms with van der Waals surface area (Å²) in [5.41, 5.74) is 3.44. The van der Waals surface area contributed by atoms with Crippen LogP contribution in [0.4, 0.5) is 4.39 Å². The fraction of sp³-hybridized carbons (Fsp3) is 0.806. The molecule has 5 atom stereocenters. The minimum atomic E-state index is 0.174. The molecule has 186 valence electrons. The highest BCUT2D eigenvalue weighted by Gasteiger charge is 2.37. The number of hydrogen-bond acceptors (Lipinski definition) is 1. The van der Waals surface area contributed by atoms with Crippen LogP contribution in [0.3, 0.4) is 0 Å². The van der Waals surface area contributed by atoms with Gasteiger partial charge in [-0.3, -0.25) is 0 Å². The molecule has 33 heavy (non-hydrogen) atoms. The molecule has 1 nitrogen and oxygen atoms in total. The third-order valence-corrected chi connectivity index (χ3v) is 9.25. The van der Waals surface area contributed by atoms with Gasteiger partial charge >= 0.3 is 0 Å². The van der Waals surface area contributed by atoms with E-state index in [0.717, 1.165) is 48.3 Å². The van der Waals surface area contributed by atoms with Crippen LogP contribution in [0.15, 0.2) is 12.1 Å². The zero-order valence-corrected chi connectivity index (χ0v) is 21.6. The van der Waals surface area contributed by atoms with E-state index in [2.05, 4.69) is 26.0 Å². The van der Waals surface area contributed by atoms with Gasteiger partial charge in [-0.2, -0.15) is 0 Å². The summed E-state index contributed by atoms with van der Waals surface area (Å²) in [5, 5.41) is 0. The SMILES string of the molecule is CCCCCCC1CCc2c(ccc(C3CCC4CC(OCCCCC)CCC4C3)c2F)C1. The van der Waals surface area contributed by atoms with Crippen LogP contribution in [0.2, 0.25) is 0 Å². The number of rotatable bonds is 11. The van der Waals surface area contributed by atoms with Gasteiger partial charge in [-0.15, -0.1) is 0 Å². The topological polar surface area (TPSA) is 9.23 Å². The molecule has 0 aromatic heterocycles. The lowest BCUT2D eigenvalue weighted by atomic mass is 9.65. The summed E-state index contributed by atoms with van der Waals surface area (Å²) in [6.07, 6.45) is 21.6. The number of benzene rings is 1. The molecule has 4 rings (SSSR count). The first kappa shape index (κ1) is 25.2. The van der Waals surface area contributed by atoms with E-state index >= 15 is 4.39 Å². The Morgan fingerprint density at radius 3 is 2.48 bits per heavy atom. The van der Waals surface area contributed by atoms with E-state index in [0.29, 0.717) is 12.0 Å². The molecule has 0 N–H and O–H groups in total. The van der Waals surface area contributed by atoms with Gasteiger partial charge in [0.05, 0.1) is 6.10 Å². The molecular formula is C31H49FO. The maximum absolute atomic E-state index is 15.7. The van der Waals surface area contributed by atoms with Gasteiger partial charge in [0.2, 0.25) is 0 Å². The van der Waals surface area contributed by atoms with E-state index in [9.17, 15) is 0 Å². The van der Waals surface area contributed by atoms with Crippen LogP contribution < -0.4 is 0 Å². The molecule has 2 heteroatoms. The number of halogens is 1. The van der Waals surface area contributed by atoms with Crippen molar-refractivity contribution in [2.75, 3.05) is 6.61 Å². The van der Waals surface area contributed by atoms with Gasteiger partial charge in [0.25, 0.3) is 0 Å². The van der Waals surface area contributed by atoms with E-state index in [1.165, 1.54) is 102 Å². The van der Waals surface area contributed by atoms with Gasteiger partial charge < -0.3 is 4.74 Å². The van der Waals surface area contributed by atoms with E-state index in [1.807, 2.05) is 0 Å². The van der Waals surface area contributed by atoms with Crippen molar-refractivity contribution in [3.63, 3.8) is 0 Å². The molecule has 2 saturated carbocycles. The van der Waals surface area contributed by atoms with Crippen LogP contribution in [0.5, 0.6) is 0 Å². The van der Waals surface area contributed by atoms with Crippen molar-refractivity contribution in [3.8, 4) is 0 Å². The second-order valence-corrected chi connectivity index (χ2v) is 11.6. The van der Waals surface area contributed by atoms with Crippen molar-refractivity contribution in [3.05, 3.63) is 34.6 Å². The summed E-state index contributed by atoms with van der Waals surface area (Å²) in [7, 11) is 0. The normalized spacial score (nSPS) is 29.5. The largest absolute Gasteiger partial charge is 0.378 e. The predicted octanol–water partition coefficient (Wildman–Crippen LogP) is 9.16. The molecule has 5 unspecified atom stereocenters. The molecule has 3 aliphatic carbocycles. The Morgan fingerprint density at radius 1 is 0.848 bits per heavy atom. The highest BCUT2D eigenvalue weighted by atomic mass is 19.1. The van der Waals surface area contributed by atoms with E-state index < -0.39 is 0 Å². The van der Waals surface area contributed by atoms with Gasteiger partial charge in [0.15, 0.2) is 0 Å². The van der Waals surface area contributed by atoms with Gasteiger partial charge in [-0.1, -0.05) is 70.9 Å². The summed E-state index contributed by atoms with van der Waals surface area (Å²) >= 11 is 0. The first-order valence-corrected chi connectivity index (χ1v) is 14.6. The van der Waals surface area contributed by atoms with Gasteiger partial charge in [0.1, 0.15) is 5.82 Å². The second-order valence-electron chi connectivity index (χ2n) is 11.6. The molecule has 0 radical (unpaired) electrons. The van der Waals surface area contributed by atoms with Gasteiger partial charge in [-0.25, -0.2) is 4.39 Å². The summed E-state index contributed by atoms with van der Waals surface area (Å²) in [6.45, 7) is 5.47. The van der Waals surface area contributed by atoms with Crippen LogP contribution in [0.1, 0.15) is 133 Å². The summed E-state index contributed by atoms with van der Waals surface area (Å²) in [4.78, 5) is 0. The third kappa shape index (κ3) is 6.62. The Kier molecular flexibility index (Phi) is 9.71. The minimum Gasteiger partial charge on any atom is -0.378 e. The first-order chi connectivity index (χ1) is 16.2. The molecular weight excluding hydrogens is 407 g/mol. The molecule has 1 aromatic carbocycles. The van der Waals surface area contributed by atoms with E-state index in [-0.39, 0.29) is 5.82 Å². The molecule has 0 bridgehead atoms. The van der Waals surface area contributed by atoms with Crippen molar-refractivity contribution in [2.24, 2.45) is 17.8 Å². The number of unbranched alkanes of at least 4 members (excludes halogenated alkanes) is 5. The molecule has 0 aliphatic heterocycles. The molecule has 0 amide bonds. The lowest BCUT2D eigenvalue weighted by Crippen LogP contribution is -2.34. The van der Waals surface area contributed by atoms with Crippen LogP contribution in [-0.2, 0) is 17.6 Å². The lowest BCUT2D eigenvalue weighted by Gasteiger charge is -2.42. The Labute approximate surface area is 203 Å². The van der Waals surface area contributed by atoms with E-state index in [1.54, 1.807) is 0 Å². The van der Waals surface area contributed by atoms with Crippen molar-refractivity contribution in [1.29, 1.82) is 0 Å². The van der Waals surface area contributed by atoms with Crippen molar-refractivity contribution in [2.45, 2.75) is 135 Å². The molecule has 0 saturated heterocycles. The quantitative estimate of drug-likeness (QED) is 0.302. The molecule has 0 heterocycles. The summed E-state index contributed by atoms with van der Waals surface area (Å²) in [6, 6.07) is 4.49. The van der Waals surface area contributed by atoms with Crippen LogP contribution in [0.25, 0.3) is 0 Å². The molecule has 0 spiro atoms. The third-order valence-electron chi connectivity index (χ3n) is 9.25. The van der Waals surface area contributed by atoms with Crippen molar-refractivity contribution < 1.29 is 9.13 Å². The monoisotopic (exact) mass is 456 g/mol. The zero-order valence-electron chi connectivity index (χ0n) is 21.6. The van der Waals surface area contributed by atoms with Gasteiger partial charge in [-0.05, 0) is 105 Å².